The second kappa shape index (κ2) is 7.60. The maximum absolute atomic E-state index is 2.26. The molecule has 0 heterocycles. The van der Waals surface area contributed by atoms with E-state index in [1.54, 1.807) is 0 Å². The minimum Gasteiger partial charge on any atom is -0.0879 e. The van der Waals surface area contributed by atoms with Gasteiger partial charge in [-0.25, -0.2) is 0 Å². The summed E-state index contributed by atoms with van der Waals surface area (Å²) in [5.74, 6) is 0. The van der Waals surface area contributed by atoms with E-state index >= 15 is 0 Å². The van der Waals surface area contributed by atoms with Gasteiger partial charge in [0.1, 0.15) is 0 Å². The van der Waals surface area contributed by atoms with Crippen molar-refractivity contribution in [2.75, 3.05) is 0 Å². The Kier molecular flexibility index (Phi) is 5.87. The van der Waals surface area contributed by atoms with Gasteiger partial charge in [-0.2, -0.15) is 0 Å². The van der Waals surface area contributed by atoms with Crippen LogP contribution in [-0.4, -0.2) is 0 Å². The van der Waals surface area contributed by atoms with Crippen LogP contribution in [-0.2, 0) is 0 Å². The van der Waals surface area contributed by atoms with Gasteiger partial charge in [0.2, 0.25) is 0 Å². The highest BCUT2D eigenvalue weighted by Gasteiger charge is 1.78. The zero-order chi connectivity index (χ0) is 9.19. The summed E-state index contributed by atoms with van der Waals surface area (Å²) in [5.41, 5.74) is 0. The number of hydrogen-bond donors (Lipinski definition) is 0. The second-order valence-electron chi connectivity index (χ2n) is 3.17. The number of hydrogen-bond acceptors (Lipinski definition) is 0. The molecule has 70 valence electrons. The van der Waals surface area contributed by atoms with Gasteiger partial charge in [-0.1, -0.05) is 48.6 Å². The summed E-state index contributed by atoms with van der Waals surface area (Å²) in [4.78, 5) is 0. The minimum atomic E-state index is 1.07. The first-order valence-electron chi connectivity index (χ1n) is 5.10. The van der Waals surface area contributed by atoms with Gasteiger partial charge < -0.3 is 0 Å². The summed E-state index contributed by atoms with van der Waals surface area (Å²) in [6.07, 6.45) is 23.5. The Morgan fingerprint density at radius 3 is 1.08 bits per heavy atom. The zero-order valence-electron chi connectivity index (χ0n) is 8.15. The van der Waals surface area contributed by atoms with Gasteiger partial charge in [0, 0.05) is 0 Å². The molecule has 0 atom stereocenters. The van der Waals surface area contributed by atoms with E-state index in [4.69, 9.17) is 0 Å². The van der Waals surface area contributed by atoms with Crippen LogP contribution in [0.3, 0.4) is 0 Å². The number of rotatable bonds is 0. The van der Waals surface area contributed by atoms with E-state index in [1.165, 1.54) is 12.8 Å². The Morgan fingerprint density at radius 2 is 0.692 bits per heavy atom. The molecule has 1 aliphatic rings. The van der Waals surface area contributed by atoms with E-state index in [0.717, 1.165) is 19.3 Å². The van der Waals surface area contributed by atoms with Crippen LogP contribution in [0.4, 0.5) is 0 Å². The maximum atomic E-state index is 2.26. The number of allylic oxidation sites excluding steroid dienone is 8. The van der Waals surface area contributed by atoms with Crippen molar-refractivity contribution in [2.45, 2.75) is 32.1 Å². The molecule has 0 radical (unpaired) electrons. The van der Waals surface area contributed by atoms with Crippen molar-refractivity contribution in [3.8, 4) is 0 Å². The summed E-state index contributed by atoms with van der Waals surface area (Å²) in [5, 5.41) is 0. The van der Waals surface area contributed by atoms with Crippen molar-refractivity contribution >= 4 is 0 Å². The Hall–Kier alpha value is -1.04. The molecule has 0 spiro atoms. The SMILES string of the molecule is C1=C\C/C=C\CC/C=C\C/C=C\C/1. The molecule has 0 nitrogen and oxygen atoms in total. The van der Waals surface area contributed by atoms with Gasteiger partial charge >= 0.3 is 0 Å². The third kappa shape index (κ3) is 6.15. The fraction of sp³-hybridized carbons (Fsp3) is 0.385. The van der Waals surface area contributed by atoms with E-state index < -0.39 is 0 Å². The first kappa shape index (κ1) is 10.0. The van der Waals surface area contributed by atoms with E-state index in [1.807, 2.05) is 0 Å². The monoisotopic (exact) mass is 174 g/mol. The van der Waals surface area contributed by atoms with Gasteiger partial charge in [-0.3, -0.25) is 0 Å². The van der Waals surface area contributed by atoms with Crippen LogP contribution in [0.1, 0.15) is 32.1 Å². The third-order valence-electron chi connectivity index (χ3n) is 1.98. The first-order chi connectivity index (χ1) is 6.50. The molecule has 13 heavy (non-hydrogen) atoms. The Bertz CT molecular complexity index is 192. The highest BCUT2D eigenvalue weighted by molar-refractivity contribution is 5.00. The standard InChI is InChI=1S/C13H18/c1-2-4-6-8-10-12-13-11-9-7-5-3-1/h1-2,5-8,11,13H,3-4,9-10,12H2/b2-1-,7-5-,8-6-,13-11-. The average Bonchev–Trinajstić information content (AvgIpc) is 2.18. The molecule has 0 unspecified atom stereocenters. The molecule has 1 aliphatic carbocycles. The lowest BCUT2D eigenvalue weighted by atomic mass is 10.2. The molecule has 0 amide bonds. The van der Waals surface area contributed by atoms with Crippen molar-refractivity contribution < 1.29 is 0 Å². The molecule has 0 saturated carbocycles. The smallest absolute Gasteiger partial charge is 0.0169 e. The lowest BCUT2D eigenvalue weighted by molar-refractivity contribution is 1.04. The highest BCUT2D eigenvalue weighted by Crippen LogP contribution is 1.99. The summed E-state index contributed by atoms with van der Waals surface area (Å²) in [7, 11) is 0. The molecular formula is C13H18. The van der Waals surface area contributed by atoms with Gasteiger partial charge in [0.15, 0.2) is 0 Å². The molecule has 0 aliphatic heterocycles. The molecule has 0 bridgehead atoms. The predicted octanol–water partition coefficient (Wildman–Crippen LogP) is 4.18. The molecule has 0 aromatic carbocycles. The lowest BCUT2D eigenvalue weighted by Gasteiger charge is -1.85. The van der Waals surface area contributed by atoms with Crippen molar-refractivity contribution in [3.63, 3.8) is 0 Å². The van der Waals surface area contributed by atoms with Crippen molar-refractivity contribution in [1.82, 2.24) is 0 Å². The molecule has 0 aromatic heterocycles. The van der Waals surface area contributed by atoms with Crippen LogP contribution in [0.25, 0.3) is 0 Å². The topological polar surface area (TPSA) is 0 Å². The molecule has 0 heteroatoms. The van der Waals surface area contributed by atoms with Crippen molar-refractivity contribution in [2.24, 2.45) is 0 Å². The van der Waals surface area contributed by atoms with Crippen molar-refractivity contribution in [1.29, 1.82) is 0 Å². The summed E-state index contributed by atoms with van der Waals surface area (Å²) < 4.78 is 0. The summed E-state index contributed by atoms with van der Waals surface area (Å²) in [6.45, 7) is 0. The Labute approximate surface area is 81.4 Å². The van der Waals surface area contributed by atoms with E-state index in [0.29, 0.717) is 0 Å². The van der Waals surface area contributed by atoms with E-state index in [-0.39, 0.29) is 0 Å². The molecular weight excluding hydrogens is 156 g/mol. The molecule has 0 N–H and O–H groups in total. The largest absolute Gasteiger partial charge is 0.0879 e. The third-order valence-corrected chi connectivity index (χ3v) is 1.98. The zero-order valence-corrected chi connectivity index (χ0v) is 8.15. The second-order valence-corrected chi connectivity index (χ2v) is 3.17. The van der Waals surface area contributed by atoms with Crippen LogP contribution in [0, 0.1) is 0 Å². The fourth-order valence-electron chi connectivity index (χ4n) is 1.24. The molecule has 0 fully saturated rings. The lowest BCUT2D eigenvalue weighted by Crippen LogP contribution is -1.65. The van der Waals surface area contributed by atoms with Crippen LogP contribution in [0.15, 0.2) is 48.6 Å². The van der Waals surface area contributed by atoms with E-state index in [9.17, 15) is 0 Å². The van der Waals surface area contributed by atoms with Crippen LogP contribution < -0.4 is 0 Å². The Balaban J connectivity index is 2.38. The maximum Gasteiger partial charge on any atom is -0.0169 e. The molecule has 0 aromatic rings. The van der Waals surface area contributed by atoms with Crippen LogP contribution >= 0.6 is 0 Å². The highest BCUT2D eigenvalue weighted by atomic mass is 13.9. The van der Waals surface area contributed by atoms with Gasteiger partial charge in [0.25, 0.3) is 0 Å². The van der Waals surface area contributed by atoms with E-state index in [2.05, 4.69) is 48.6 Å². The Morgan fingerprint density at radius 1 is 0.385 bits per heavy atom. The van der Waals surface area contributed by atoms with Crippen LogP contribution in [0.2, 0.25) is 0 Å². The van der Waals surface area contributed by atoms with Gasteiger partial charge in [0.05, 0.1) is 0 Å². The average molecular weight is 174 g/mol. The quantitative estimate of drug-likeness (QED) is 0.483. The normalized spacial score (nSPS) is 28.9. The predicted molar refractivity (Wildman–Crippen MR) is 59.6 cm³/mol. The fourth-order valence-corrected chi connectivity index (χ4v) is 1.24. The molecule has 0 saturated heterocycles. The van der Waals surface area contributed by atoms with Crippen LogP contribution in [0.5, 0.6) is 0 Å². The summed E-state index contributed by atoms with van der Waals surface area (Å²) in [6, 6.07) is 0. The first-order valence-corrected chi connectivity index (χ1v) is 5.10. The minimum absolute atomic E-state index is 1.07. The van der Waals surface area contributed by atoms with Gasteiger partial charge in [-0.05, 0) is 32.1 Å². The van der Waals surface area contributed by atoms with Crippen molar-refractivity contribution in [3.05, 3.63) is 48.6 Å². The molecule has 1 rings (SSSR count). The summed E-state index contributed by atoms with van der Waals surface area (Å²) >= 11 is 0. The van der Waals surface area contributed by atoms with Gasteiger partial charge in [-0.15, -0.1) is 0 Å².